The third-order valence-electron chi connectivity index (χ3n) is 4.56. The molecule has 0 heterocycles. The van der Waals surface area contributed by atoms with Crippen LogP contribution in [-0.4, -0.2) is 47.3 Å². The number of nitrogens with zero attached hydrogens (tertiary/aromatic N) is 2. The zero-order chi connectivity index (χ0) is 16.8. The van der Waals surface area contributed by atoms with E-state index in [-0.39, 0.29) is 5.38 Å². The van der Waals surface area contributed by atoms with Crippen LogP contribution in [0.2, 0.25) is 0 Å². The van der Waals surface area contributed by atoms with Crippen molar-refractivity contribution < 1.29 is 0 Å². The summed E-state index contributed by atoms with van der Waals surface area (Å²) in [5.74, 6) is 0.555. The molecule has 1 aromatic rings. The molecule has 0 aliphatic heterocycles. The molecule has 0 N–H and O–H groups in total. The minimum absolute atomic E-state index is 0.242. The molecule has 1 aliphatic rings. The third-order valence-corrected chi connectivity index (χ3v) is 5.55. The number of halogens is 2. The van der Waals surface area contributed by atoms with Gasteiger partial charge >= 0.3 is 0 Å². The van der Waals surface area contributed by atoms with Crippen molar-refractivity contribution in [3.05, 3.63) is 30.3 Å². The summed E-state index contributed by atoms with van der Waals surface area (Å²) in [6.45, 7) is 0. The number of para-hydroxylation sites is 1. The summed E-state index contributed by atoms with van der Waals surface area (Å²) in [7, 11) is 4.28. The highest BCUT2D eigenvalue weighted by atomic mass is 35.5. The first-order chi connectivity index (χ1) is 11.0. The van der Waals surface area contributed by atoms with Gasteiger partial charge in [-0.1, -0.05) is 30.4 Å². The van der Waals surface area contributed by atoms with Crippen LogP contribution in [0.3, 0.4) is 0 Å². The second-order valence-corrected chi connectivity index (χ2v) is 7.87. The van der Waals surface area contributed by atoms with Gasteiger partial charge in [-0.05, 0) is 51.9 Å². The molecule has 2 rings (SSSR count). The van der Waals surface area contributed by atoms with E-state index < -0.39 is 0 Å². The highest BCUT2D eigenvalue weighted by Gasteiger charge is 2.34. The van der Waals surface area contributed by atoms with E-state index in [0.29, 0.717) is 18.0 Å². The van der Waals surface area contributed by atoms with Crippen molar-refractivity contribution in [2.75, 3.05) is 24.9 Å². The van der Waals surface area contributed by atoms with Crippen molar-refractivity contribution in [3.63, 3.8) is 0 Å². The van der Waals surface area contributed by atoms with E-state index in [1.54, 1.807) is 0 Å². The molecule has 1 aliphatic carbocycles. The van der Waals surface area contributed by atoms with Gasteiger partial charge in [-0.3, -0.25) is 0 Å². The summed E-state index contributed by atoms with van der Waals surface area (Å²) in [5.41, 5.74) is 1.16. The Kier molecular flexibility index (Phi) is 7.61. The maximum absolute atomic E-state index is 6.52. The maximum Gasteiger partial charge on any atom is 0.0838 e. The Hall–Kier alpha value is -0.350. The van der Waals surface area contributed by atoms with Gasteiger partial charge in [0.05, 0.1) is 11.0 Å². The number of alkyl halides is 2. The Morgan fingerprint density at radius 3 is 2.48 bits per heavy atom. The normalized spacial score (nSPS) is 25.2. The summed E-state index contributed by atoms with van der Waals surface area (Å²) in [6, 6.07) is 11.2. The molecule has 128 valence electrons. The second-order valence-electron chi connectivity index (χ2n) is 6.40. The third kappa shape index (κ3) is 5.06. The van der Waals surface area contributed by atoms with Crippen molar-refractivity contribution in [1.29, 1.82) is 0 Å². The summed E-state index contributed by atoms with van der Waals surface area (Å²) >= 11 is 18.2. The summed E-state index contributed by atoms with van der Waals surface area (Å²) < 4.78 is 0. The smallest absolute Gasteiger partial charge is 0.0838 e. The first kappa shape index (κ1) is 19.0. The van der Waals surface area contributed by atoms with E-state index in [1.165, 1.54) is 0 Å². The van der Waals surface area contributed by atoms with Crippen molar-refractivity contribution in [3.8, 4) is 0 Å². The molecule has 3 unspecified atom stereocenters. The van der Waals surface area contributed by atoms with Gasteiger partial charge in [0, 0.05) is 29.4 Å². The zero-order valence-corrected chi connectivity index (χ0v) is 16.2. The lowest BCUT2D eigenvalue weighted by Gasteiger charge is -2.41. The molecule has 0 radical (unpaired) electrons. The Balaban J connectivity index is 2.36. The first-order valence-electron chi connectivity index (χ1n) is 8.28. The number of hydrogen-bond acceptors (Lipinski definition) is 2. The molecule has 3 atom stereocenters. The van der Waals surface area contributed by atoms with E-state index in [9.17, 15) is 0 Å². The molecule has 0 bridgehead atoms. The van der Waals surface area contributed by atoms with Gasteiger partial charge < -0.3 is 9.80 Å². The van der Waals surface area contributed by atoms with Gasteiger partial charge in [0.1, 0.15) is 0 Å². The molecular weight excluding hydrogens is 347 g/mol. The summed E-state index contributed by atoms with van der Waals surface area (Å²) in [6.07, 6.45) is 5.03. The fraction of sp³-hybridized carbons (Fsp3) is 0.611. The SMILES string of the molecule is CN(C)C1CC(Cl)CCCC1N(C(=S)CCCl)c1ccccc1. The molecule has 2 nitrogen and oxygen atoms in total. The van der Waals surface area contributed by atoms with Crippen molar-refractivity contribution in [1.82, 2.24) is 4.90 Å². The maximum atomic E-state index is 6.52. The van der Waals surface area contributed by atoms with Gasteiger partial charge in [0.2, 0.25) is 0 Å². The van der Waals surface area contributed by atoms with Crippen LogP contribution in [0.5, 0.6) is 0 Å². The number of thiocarbonyl (C=S) groups is 1. The molecular formula is C18H26Cl2N2S. The van der Waals surface area contributed by atoms with E-state index >= 15 is 0 Å². The van der Waals surface area contributed by atoms with Crippen LogP contribution >= 0.6 is 35.4 Å². The second kappa shape index (κ2) is 9.22. The van der Waals surface area contributed by atoms with Crippen LogP contribution in [0.25, 0.3) is 0 Å². The molecule has 0 saturated heterocycles. The Morgan fingerprint density at radius 2 is 1.87 bits per heavy atom. The average Bonchev–Trinajstić information content (AvgIpc) is 2.71. The topological polar surface area (TPSA) is 6.48 Å². The molecule has 5 heteroatoms. The highest BCUT2D eigenvalue weighted by Crippen LogP contribution is 2.32. The molecule has 0 amide bonds. The van der Waals surface area contributed by atoms with Crippen molar-refractivity contribution in [2.45, 2.75) is 49.6 Å². The van der Waals surface area contributed by atoms with Crippen LogP contribution in [0.4, 0.5) is 5.69 Å². The van der Waals surface area contributed by atoms with E-state index in [0.717, 1.165) is 42.8 Å². The highest BCUT2D eigenvalue weighted by molar-refractivity contribution is 7.80. The van der Waals surface area contributed by atoms with Gasteiger partial charge in [-0.15, -0.1) is 23.2 Å². The number of benzene rings is 1. The molecule has 23 heavy (non-hydrogen) atoms. The Bertz CT molecular complexity index is 495. The molecule has 1 fully saturated rings. The number of likely N-dealkylation sites (N-methyl/N-ethyl adjacent to an activating group) is 1. The van der Waals surface area contributed by atoms with Gasteiger partial charge in [0.25, 0.3) is 0 Å². The van der Waals surface area contributed by atoms with Crippen LogP contribution < -0.4 is 4.90 Å². The van der Waals surface area contributed by atoms with Crippen LogP contribution in [0, 0.1) is 0 Å². The van der Waals surface area contributed by atoms with Crippen LogP contribution in [0.15, 0.2) is 30.3 Å². The number of hydrogen-bond donors (Lipinski definition) is 0. The quantitative estimate of drug-likeness (QED) is 0.411. The lowest BCUT2D eigenvalue weighted by atomic mass is 9.99. The lowest BCUT2D eigenvalue weighted by molar-refractivity contribution is 0.243. The number of rotatable bonds is 5. The van der Waals surface area contributed by atoms with Gasteiger partial charge in [-0.2, -0.15) is 0 Å². The Labute approximate surface area is 155 Å². The van der Waals surface area contributed by atoms with E-state index in [1.807, 2.05) is 6.07 Å². The van der Waals surface area contributed by atoms with Crippen molar-refractivity contribution >= 4 is 46.1 Å². The molecule has 1 saturated carbocycles. The average molecular weight is 373 g/mol. The minimum Gasteiger partial charge on any atom is -0.331 e. The van der Waals surface area contributed by atoms with Crippen LogP contribution in [0.1, 0.15) is 32.1 Å². The fourth-order valence-corrected chi connectivity index (χ4v) is 4.42. The molecule has 0 spiro atoms. The zero-order valence-electron chi connectivity index (χ0n) is 13.9. The lowest BCUT2D eigenvalue weighted by Crippen LogP contribution is -2.52. The first-order valence-corrected chi connectivity index (χ1v) is 9.66. The van der Waals surface area contributed by atoms with Gasteiger partial charge in [0.15, 0.2) is 0 Å². The standard InChI is InChI=1S/C18H26Cl2N2S/c1-21(2)17-13-14(20)7-6-10-16(17)22(18(23)11-12-19)15-8-4-3-5-9-15/h3-5,8-9,14,16-17H,6-7,10-13H2,1-2H3. The summed E-state index contributed by atoms with van der Waals surface area (Å²) in [5, 5.41) is 0.242. The fourth-order valence-electron chi connectivity index (χ4n) is 3.44. The monoisotopic (exact) mass is 372 g/mol. The molecule has 1 aromatic carbocycles. The van der Waals surface area contributed by atoms with Crippen LogP contribution in [-0.2, 0) is 0 Å². The minimum atomic E-state index is 0.242. The Morgan fingerprint density at radius 1 is 1.17 bits per heavy atom. The van der Waals surface area contributed by atoms with Gasteiger partial charge in [-0.25, -0.2) is 0 Å². The largest absolute Gasteiger partial charge is 0.331 e. The predicted octanol–water partition coefficient (Wildman–Crippen LogP) is 4.93. The van der Waals surface area contributed by atoms with Crippen molar-refractivity contribution in [2.24, 2.45) is 0 Å². The predicted molar refractivity (Wildman–Crippen MR) is 106 cm³/mol. The number of anilines is 1. The summed E-state index contributed by atoms with van der Waals surface area (Å²) in [4.78, 5) is 5.55. The molecule has 0 aromatic heterocycles. The van der Waals surface area contributed by atoms with E-state index in [4.69, 9.17) is 35.4 Å². The van der Waals surface area contributed by atoms with E-state index in [2.05, 4.69) is 48.2 Å².